The largest absolute Gasteiger partial charge is 0.481 e. The molecular formula is C15H28O3. The van der Waals surface area contributed by atoms with Gasteiger partial charge in [-0.15, -0.1) is 0 Å². The van der Waals surface area contributed by atoms with Gasteiger partial charge in [-0.3, -0.25) is 9.59 Å². The van der Waals surface area contributed by atoms with E-state index in [1.54, 1.807) is 6.92 Å². The lowest BCUT2D eigenvalue weighted by Crippen LogP contribution is -2.18. The summed E-state index contributed by atoms with van der Waals surface area (Å²) in [6.07, 6.45) is 6.11. The van der Waals surface area contributed by atoms with E-state index in [2.05, 4.69) is 6.92 Å². The van der Waals surface area contributed by atoms with E-state index in [1.807, 2.05) is 13.8 Å². The summed E-state index contributed by atoms with van der Waals surface area (Å²) in [5.74, 6) is -0.292. The lowest BCUT2D eigenvalue weighted by molar-refractivity contribution is -0.139. The van der Waals surface area contributed by atoms with Crippen molar-refractivity contribution in [3.05, 3.63) is 0 Å². The van der Waals surface area contributed by atoms with E-state index < -0.39 is 5.97 Å². The van der Waals surface area contributed by atoms with E-state index >= 15 is 0 Å². The number of ketones is 1. The normalized spacial score (nSPS) is 13.3. The average Bonchev–Trinajstić information content (AvgIpc) is 2.20. The van der Waals surface area contributed by atoms with Crippen molar-refractivity contribution in [2.24, 2.45) is 11.3 Å². The maximum Gasteiger partial charge on any atom is 0.303 e. The molecule has 0 radical (unpaired) electrons. The summed E-state index contributed by atoms with van der Waals surface area (Å²) >= 11 is 0. The minimum atomic E-state index is -0.742. The monoisotopic (exact) mass is 256 g/mol. The highest BCUT2D eigenvalue weighted by molar-refractivity contribution is 5.78. The highest BCUT2D eigenvalue weighted by atomic mass is 16.4. The zero-order chi connectivity index (χ0) is 14.2. The molecule has 0 aromatic rings. The molecule has 106 valence electrons. The molecule has 0 fully saturated rings. The zero-order valence-corrected chi connectivity index (χ0v) is 12.3. The second-order valence-corrected chi connectivity index (χ2v) is 6.08. The molecule has 0 aliphatic carbocycles. The van der Waals surface area contributed by atoms with Crippen molar-refractivity contribution < 1.29 is 14.7 Å². The summed E-state index contributed by atoms with van der Waals surface area (Å²) < 4.78 is 0. The van der Waals surface area contributed by atoms with Crippen molar-refractivity contribution in [3.63, 3.8) is 0 Å². The zero-order valence-electron chi connectivity index (χ0n) is 12.3. The summed E-state index contributed by atoms with van der Waals surface area (Å²) in [4.78, 5) is 22.2. The van der Waals surface area contributed by atoms with Crippen molar-refractivity contribution in [2.45, 2.75) is 72.6 Å². The number of carbonyl (C=O) groups excluding carboxylic acids is 1. The van der Waals surface area contributed by atoms with Crippen LogP contribution in [0.3, 0.4) is 0 Å². The molecule has 3 heteroatoms. The van der Waals surface area contributed by atoms with Crippen molar-refractivity contribution in [2.75, 3.05) is 0 Å². The fraction of sp³-hybridized carbons (Fsp3) is 0.867. The molecule has 0 heterocycles. The van der Waals surface area contributed by atoms with Crippen LogP contribution in [0, 0.1) is 11.3 Å². The van der Waals surface area contributed by atoms with Gasteiger partial charge in [0.05, 0.1) is 6.42 Å². The SMILES string of the molecule is CCCCC(CCCC(C)(C)CC(=O)O)C(C)=O. The van der Waals surface area contributed by atoms with Crippen LogP contribution < -0.4 is 0 Å². The van der Waals surface area contributed by atoms with Crippen LogP contribution in [-0.4, -0.2) is 16.9 Å². The fourth-order valence-electron chi connectivity index (χ4n) is 2.33. The highest BCUT2D eigenvalue weighted by Gasteiger charge is 2.22. The molecule has 0 aromatic carbocycles. The van der Waals surface area contributed by atoms with Gasteiger partial charge in [-0.2, -0.15) is 0 Å². The van der Waals surface area contributed by atoms with E-state index in [0.717, 1.165) is 38.5 Å². The van der Waals surface area contributed by atoms with Gasteiger partial charge in [0, 0.05) is 5.92 Å². The van der Waals surface area contributed by atoms with Gasteiger partial charge < -0.3 is 5.11 Å². The molecule has 1 atom stereocenters. The first-order valence-electron chi connectivity index (χ1n) is 7.00. The summed E-state index contributed by atoms with van der Waals surface area (Å²) in [7, 11) is 0. The molecule has 0 aliphatic rings. The Kier molecular flexibility index (Phi) is 7.88. The maximum absolute atomic E-state index is 11.5. The van der Waals surface area contributed by atoms with Gasteiger partial charge in [-0.05, 0) is 31.6 Å². The Labute approximate surface area is 111 Å². The smallest absolute Gasteiger partial charge is 0.303 e. The van der Waals surface area contributed by atoms with Crippen LogP contribution in [0.4, 0.5) is 0 Å². The first-order valence-corrected chi connectivity index (χ1v) is 7.00. The predicted molar refractivity (Wildman–Crippen MR) is 73.6 cm³/mol. The Morgan fingerprint density at radius 2 is 1.72 bits per heavy atom. The van der Waals surface area contributed by atoms with Gasteiger partial charge in [0.15, 0.2) is 0 Å². The number of unbranched alkanes of at least 4 members (excludes halogenated alkanes) is 1. The van der Waals surface area contributed by atoms with Gasteiger partial charge in [-0.25, -0.2) is 0 Å². The van der Waals surface area contributed by atoms with Crippen LogP contribution in [0.15, 0.2) is 0 Å². The van der Waals surface area contributed by atoms with Gasteiger partial charge in [0.2, 0.25) is 0 Å². The number of carboxylic acids is 1. The molecule has 1 unspecified atom stereocenters. The second-order valence-electron chi connectivity index (χ2n) is 6.08. The Morgan fingerprint density at radius 1 is 1.17 bits per heavy atom. The molecule has 0 bridgehead atoms. The molecule has 1 N–H and O–H groups in total. The maximum atomic E-state index is 11.5. The van der Waals surface area contributed by atoms with Crippen LogP contribution in [0.1, 0.15) is 72.6 Å². The Bertz CT molecular complexity index is 269. The number of rotatable bonds is 10. The molecule has 0 spiro atoms. The first-order chi connectivity index (χ1) is 8.28. The van der Waals surface area contributed by atoms with Crippen molar-refractivity contribution >= 4 is 11.8 Å². The van der Waals surface area contributed by atoms with Gasteiger partial charge in [0.1, 0.15) is 5.78 Å². The Balaban J connectivity index is 4.05. The molecule has 0 rings (SSSR count). The molecule has 3 nitrogen and oxygen atoms in total. The summed E-state index contributed by atoms with van der Waals surface area (Å²) in [6, 6.07) is 0. The fourth-order valence-corrected chi connectivity index (χ4v) is 2.33. The van der Waals surface area contributed by atoms with Crippen molar-refractivity contribution in [1.29, 1.82) is 0 Å². The molecule has 0 amide bonds. The summed E-state index contributed by atoms with van der Waals surface area (Å²) in [5.41, 5.74) is -0.169. The Morgan fingerprint density at radius 3 is 2.17 bits per heavy atom. The van der Waals surface area contributed by atoms with Gasteiger partial charge in [0.25, 0.3) is 0 Å². The number of Topliss-reactive ketones (excluding diaryl/α,β-unsaturated/α-hetero) is 1. The van der Waals surface area contributed by atoms with Crippen LogP contribution in [0.25, 0.3) is 0 Å². The molecule has 0 saturated heterocycles. The minimum Gasteiger partial charge on any atom is -0.481 e. The van der Waals surface area contributed by atoms with E-state index in [1.165, 1.54) is 0 Å². The quantitative estimate of drug-likeness (QED) is 0.641. The summed E-state index contributed by atoms with van der Waals surface area (Å²) in [5, 5.41) is 8.81. The number of carbonyl (C=O) groups is 2. The van der Waals surface area contributed by atoms with Crippen LogP contribution in [-0.2, 0) is 9.59 Å². The van der Waals surface area contributed by atoms with Gasteiger partial charge in [-0.1, -0.05) is 40.0 Å². The number of carboxylic acid groups (broad SMARTS) is 1. The third-order valence-electron chi connectivity index (χ3n) is 3.52. The molecule has 0 aromatic heterocycles. The molecule has 0 saturated carbocycles. The van der Waals surface area contributed by atoms with Gasteiger partial charge >= 0.3 is 5.97 Å². The first kappa shape index (κ1) is 17.1. The lowest BCUT2D eigenvalue weighted by Gasteiger charge is -2.23. The van der Waals surface area contributed by atoms with Crippen molar-refractivity contribution in [3.8, 4) is 0 Å². The predicted octanol–water partition coefficient (Wildman–Crippen LogP) is 4.05. The number of hydrogen-bond donors (Lipinski definition) is 1. The van der Waals surface area contributed by atoms with E-state index in [-0.39, 0.29) is 23.5 Å². The van der Waals surface area contributed by atoms with E-state index in [4.69, 9.17) is 5.11 Å². The third kappa shape index (κ3) is 8.26. The average molecular weight is 256 g/mol. The molecule has 0 aliphatic heterocycles. The molecule has 18 heavy (non-hydrogen) atoms. The number of hydrogen-bond acceptors (Lipinski definition) is 2. The van der Waals surface area contributed by atoms with Crippen LogP contribution in [0.5, 0.6) is 0 Å². The highest BCUT2D eigenvalue weighted by Crippen LogP contribution is 2.29. The minimum absolute atomic E-state index is 0.169. The molecular weight excluding hydrogens is 228 g/mol. The van der Waals surface area contributed by atoms with Crippen molar-refractivity contribution in [1.82, 2.24) is 0 Å². The number of aliphatic carboxylic acids is 1. The standard InChI is InChI=1S/C15H28O3/c1-5-6-8-13(12(2)16)9-7-10-15(3,4)11-14(17)18/h13H,5-11H2,1-4H3,(H,17,18). The van der Waals surface area contributed by atoms with E-state index in [0.29, 0.717) is 0 Å². The lowest BCUT2D eigenvalue weighted by atomic mass is 9.82. The van der Waals surface area contributed by atoms with E-state index in [9.17, 15) is 9.59 Å². The third-order valence-corrected chi connectivity index (χ3v) is 3.52. The second kappa shape index (κ2) is 8.28. The van der Waals surface area contributed by atoms with Crippen LogP contribution >= 0.6 is 0 Å². The van der Waals surface area contributed by atoms with Crippen LogP contribution in [0.2, 0.25) is 0 Å². The summed E-state index contributed by atoms with van der Waals surface area (Å²) in [6.45, 7) is 7.77. The Hall–Kier alpha value is -0.860. The topological polar surface area (TPSA) is 54.4 Å².